The predicted octanol–water partition coefficient (Wildman–Crippen LogP) is 0.758. The summed E-state index contributed by atoms with van der Waals surface area (Å²) < 4.78 is 22.9. The van der Waals surface area contributed by atoms with E-state index in [-0.39, 0.29) is 17.9 Å². The van der Waals surface area contributed by atoms with E-state index < -0.39 is 23.9 Å². The molecule has 2 unspecified atom stereocenters. The third kappa shape index (κ3) is 3.18. The number of carbonyl (C=O) groups excluding carboxylic acids is 1. The SMILES string of the molecule is CCOC(=O)C(N)C(O)c1ccc(OC)c(F)c1. The van der Waals surface area contributed by atoms with Crippen molar-refractivity contribution in [1.82, 2.24) is 0 Å². The van der Waals surface area contributed by atoms with Gasteiger partial charge in [-0.05, 0) is 24.6 Å². The minimum Gasteiger partial charge on any atom is -0.494 e. The van der Waals surface area contributed by atoms with E-state index in [9.17, 15) is 14.3 Å². The Morgan fingerprint density at radius 3 is 2.72 bits per heavy atom. The van der Waals surface area contributed by atoms with Crippen molar-refractivity contribution in [2.24, 2.45) is 5.73 Å². The lowest BCUT2D eigenvalue weighted by atomic mass is 10.0. The van der Waals surface area contributed by atoms with Crippen molar-refractivity contribution >= 4 is 5.97 Å². The number of esters is 1. The van der Waals surface area contributed by atoms with Gasteiger partial charge in [-0.3, -0.25) is 4.79 Å². The van der Waals surface area contributed by atoms with Crippen LogP contribution in [0.4, 0.5) is 4.39 Å². The Balaban J connectivity index is 2.86. The van der Waals surface area contributed by atoms with E-state index in [1.807, 2.05) is 0 Å². The molecule has 0 heterocycles. The van der Waals surface area contributed by atoms with Gasteiger partial charge in [-0.1, -0.05) is 6.07 Å². The van der Waals surface area contributed by atoms with Crippen LogP contribution < -0.4 is 10.5 Å². The van der Waals surface area contributed by atoms with Crippen molar-refractivity contribution in [2.45, 2.75) is 19.1 Å². The Bertz CT molecular complexity index is 425. The largest absolute Gasteiger partial charge is 0.494 e. The molecule has 1 rings (SSSR count). The molecule has 5 nitrogen and oxygen atoms in total. The molecule has 0 aliphatic rings. The number of methoxy groups -OCH3 is 1. The van der Waals surface area contributed by atoms with Gasteiger partial charge < -0.3 is 20.3 Å². The molecule has 0 aliphatic heterocycles. The Morgan fingerprint density at radius 1 is 1.56 bits per heavy atom. The highest BCUT2D eigenvalue weighted by Gasteiger charge is 2.26. The molecule has 0 amide bonds. The fourth-order valence-electron chi connectivity index (χ4n) is 1.44. The van der Waals surface area contributed by atoms with Gasteiger partial charge in [0.15, 0.2) is 11.6 Å². The van der Waals surface area contributed by atoms with Gasteiger partial charge >= 0.3 is 5.97 Å². The molecule has 0 saturated heterocycles. The molecule has 0 radical (unpaired) electrons. The zero-order valence-corrected chi connectivity index (χ0v) is 10.2. The highest BCUT2D eigenvalue weighted by molar-refractivity contribution is 5.76. The second kappa shape index (κ2) is 6.32. The molecule has 2 atom stereocenters. The molecular weight excluding hydrogens is 241 g/mol. The third-order valence-corrected chi connectivity index (χ3v) is 2.42. The van der Waals surface area contributed by atoms with Gasteiger partial charge in [0.05, 0.1) is 13.7 Å². The van der Waals surface area contributed by atoms with Crippen LogP contribution in [0.15, 0.2) is 18.2 Å². The molecule has 3 N–H and O–H groups in total. The number of ether oxygens (including phenoxy) is 2. The zero-order valence-electron chi connectivity index (χ0n) is 10.2. The number of halogens is 1. The van der Waals surface area contributed by atoms with E-state index in [1.54, 1.807) is 6.92 Å². The van der Waals surface area contributed by atoms with Gasteiger partial charge in [-0.25, -0.2) is 4.39 Å². The van der Waals surface area contributed by atoms with Crippen LogP contribution in [-0.2, 0) is 9.53 Å². The van der Waals surface area contributed by atoms with Crippen molar-refractivity contribution in [1.29, 1.82) is 0 Å². The first-order valence-corrected chi connectivity index (χ1v) is 5.45. The van der Waals surface area contributed by atoms with Gasteiger partial charge in [0, 0.05) is 0 Å². The number of nitrogens with two attached hydrogens (primary N) is 1. The van der Waals surface area contributed by atoms with Crippen molar-refractivity contribution in [3.63, 3.8) is 0 Å². The van der Waals surface area contributed by atoms with E-state index in [0.717, 1.165) is 6.07 Å². The quantitative estimate of drug-likeness (QED) is 0.761. The predicted molar refractivity (Wildman–Crippen MR) is 62.5 cm³/mol. The van der Waals surface area contributed by atoms with E-state index in [4.69, 9.17) is 10.5 Å². The van der Waals surface area contributed by atoms with E-state index in [2.05, 4.69) is 4.74 Å². The molecule has 0 saturated carbocycles. The third-order valence-electron chi connectivity index (χ3n) is 2.42. The number of aliphatic hydroxyl groups excluding tert-OH is 1. The van der Waals surface area contributed by atoms with Gasteiger partial charge in [-0.2, -0.15) is 0 Å². The normalized spacial score (nSPS) is 13.8. The summed E-state index contributed by atoms with van der Waals surface area (Å²) in [4.78, 5) is 11.3. The highest BCUT2D eigenvalue weighted by atomic mass is 19.1. The number of hydrogen-bond donors (Lipinski definition) is 2. The number of aliphatic hydroxyl groups is 1. The summed E-state index contributed by atoms with van der Waals surface area (Å²) in [5.41, 5.74) is 5.71. The summed E-state index contributed by atoms with van der Waals surface area (Å²) in [6, 6.07) is 2.61. The lowest BCUT2D eigenvalue weighted by Gasteiger charge is -2.18. The summed E-state index contributed by atoms with van der Waals surface area (Å²) in [6.07, 6.45) is -1.33. The number of carbonyl (C=O) groups is 1. The van der Waals surface area contributed by atoms with E-state index in [0.29, 0.717) is 0 Å². The highest BCUT2D eigenvalue weighted by Crippen LogP contribution is 2.23. The maximum Gasteiger partial charge on any atom is 0.325 e. The Hall–Kier alpha value is -1.66. The van der Waals surface area contributed by atoms with Crippen molar-refractivity contribution in [3.8, 4) is 5.75 Å². The van der Waals surface area contributed by atoms with Crippen LogP contribution in [0.2, 0.25) is 0 Å². The Kier molecular flexibility index (Phi) is 5.06. The topological polar surface area (TPSA) is 81.8 Å². The van der Waals surface area contributed by atoms with Crippen LogP contribution in [0.3, 0.4) is 0 Å². The van der Waals surface area contributed by atoms with Crippen LogP contribution >= 0.6 is 0 Å². The molecular formula is C12H16FNO4. The Morgan fingerprint density at radius 2 is 2.22 bits per heavy atom. The average Bonchev–Trinajstić information content (AvgIpc) is 2.37. The summed E-state index contributed by atoms with van der Waals surface area (Å²) in [5.74, 6) is -1.32. The maximum absolute atomic E-state index is 13.4. The Labute approximate surface area is 104 Å². The molecule has 0 bridgehead atoms. The number of rotatable bonds is 5. The molecule has 1 aromatic rings. The second-order valence-electron chi connectivity index (χ2n) is 3.62. The molecule has 0 fully saturated rings. The van der Waals surface area contributed by atoms with Gasteiger partial charge in [-0.15, -0.1) is 0 Å². The van der Waals surface area contributed by atoms with Crippen LogP contribution in [0.25, 0.3) is 0 Å². The van der Waals surface area contributed by atoms with Gasteiger partial charge in [0.25, 0.3) is 0 Å². The summed E-state index contributed by atoms with van der Waals surface area (Å²) in [5, 5.41) is 9.84. The lowest BCUT2D eigenvalue weighted by molar-refractivity contribution is -0.147. The van der Waals surface area contributed by atoms with Crippen LogP contribution in [0, 0.1) is 5.82 Å². The van der Waals surface area contributed by atoms with Gasteiger partial charge in [0.2, 0.25) is 0 Å². The van der Waals surface area contributed by atoms with Gasteiger partial charge in [0.1, 0.15) is 12.1 Å². The minimum atomic E-state index is -1.33. The minimum absolute atomic E-state index is 0.0515. The number of hydrogen-bond acceptors (Lipinski definition) is 5. The summed E-state index contributed by atoms with van der Waals surface area (Å²) in [6.45, 7) is 1.79. The first-order valence-electron chi connectivity index (χ1n) is 5.45. The van der Waals surface area contributed by atoms with Crippen LogP contribution in [0.1, 0.15) is 18.6 Å². The molecule has 18 heavy (non-hydrogen) atoms. The molecule has 0 aromatic heterocycles. The van der Waals surface area contributed by atoms with Crippen LogP contribution in [-0.4, -0.2) is 30.8 Å². The fraction of sp³-hybridized carbons (Fsp3) is 0.417. The fourth-order valence-corrected chi connectivity index (χ4v) is 1.44. The first-order chi connectivity index (χ1) is 8.51. The lowest BCUT2D eigenvalue weighted by Crippen LogP contribution is -2.38. The first kappa shape index (κ1) is 14.4. The van der Waals surface area contributed by atoms with E-state index >= 15 is 0 Å². The zero-order chi connectivity index (χ0) is 13.7. The van der Waals surface area contributed by atoms with Crippen molar-refractivity contribution < 1.29 is 23.8 Å². The molecule has 0 aliphatic carbocycles. The molecule has 0 spiro atoms. The smallest absolute Gasteiger partial charge is 0.325 e. The van der Waals surface area contributed by atoms with Crippen LogP contribution in [0.5, 0.6) is 5.75 Å². The second-order valence-corrected chi connectivity index (χ2v) is 3.62. The maximum atomic E-state index is 13.4. The summed E-state index contributed by atoms with van der Waals surface area (Å²) in [7, 11) is 1.33. The standard InChI is InChI=1S/C12H16FNO4/c1-3-18-12(16)10(14)11(15)7-4-5-9(17-2)8(13)6-7/h4-6,10-11,15H,3,14H2,1-2H3. The monoisotopic (exact) mass is 257 g/mol. The summed E-state index contributed by atoms with van der Waals surface area (Å²) >= 11 is 0. The molecule has 6 heteroatoms. The van der Waals surface area contributed by atoms with Crippen molar-refractivity contribution in [2.75, 3.05) is 13.7 Å². The molecule has 100 valence electrons. The van der Waals surface area contributed by atoms with Crippen molar-refractivity contribution in [3.05, 3.63) is 29.6 Å². The van der Waals surface area contributed by atoms with E-state index in [1.165, 1.54) is 19.2 Å². The average molecular weight is 257 g/mol. The number of benzene rings is 1. The molecule has 1 aromatic carbocycles.